The van der Waals surface area contributed by atoms with Crippen LogP contribution in [0.1, 0.15) is 24.8 Å². The summed E-state index contributed by atoms with van der Waals surface area (Å²) in [6.07, 6.45) is 0.117. The number of ether oxygens (including phenoxy) is 1. The summed E-state index contributed by atoms with van der Waals surface area (Å²) < 4.78 is 5.25. The van der Waals surface area contributed by atoms with Gasteiger partial charge < -0.3 is 10.1 Å². The van der Waals surface area contributed by atoms with Gasteiger partial charge >= 0.3 is 0 Å². The van der Waals surface area contributed by atoms with Crippen molar-refractivity contribution in [2.45, 2.75) is 19.3 Å². The third-order valence-corrected chi connectivity index (χ3v) is 3.14. The monoisotopic (exact) mass is 274 g/mol. The topological polar surface area (TPSA) is 79.2 Å². The van der Waals surface area contributed by atoms with E-state index in [2.05, 4.69) is 5.32 Å². The van der Waals surface area contributed by atoms with Gasteiger partial charge in [-0.15, -0.1) is 0 Å². The second-order valence-electron chi connectivity index (χ2n) is 4.49. The van der Waals surface area contributed by atoms with Gasteiger partial charge in [-0.2, -0.15) is 5.26 Å². The quantitative estimate of drug-likeness (QED) is 0.800. The lowest BCUT2D eigenvalue weighted by molar-refractivity contribution is -0.131. The Morgan fingerprint density at radius 2 is 2.05 bits per heavy atom. The highest BCUT2D eigenvalue weighted by Crippen LogP contribution is 2.29. The van der Waals surface area contributed by atoms with Gasteiger partial charge in [0.05, 0.1) is 13.2 Å². The molecule has 0 radical (unpaired) electrons. The van der Waals surface area contributed by atoms with Gasteiger partial charge in [0.1, 0.15) is 5.75 Å². The van der Waals surface area contributed by atoms with Gasteiger partial charge in [-0.1, -0.05) is 25.1 Å². The van der Waals surface area contributed by atoms with Crippen LogP contribution in [0.2, 0.25) is 0 Å². The van der Waals surface area contributed by atoms with Gasteiger partial charge in [-0.3, -0.25) is 9.59 Å². The fourth-order valence-corrected chi connectivity index (χ4v) is 2.02. The van der Waals surface area contributed by atoms with Crippen molar-refractivity contribution >= 4 is 11.7 Å². The normalized spacial score (nSPS) is 12.9. The summed E-state index contributed by atoms with van der Waals surface area (Å²) in [5.41, 5.74) is 0.886. The van der Waals surface area contributed by atoms with Crippen LogP contribution in [0.15, 0.2) is 24.3 Å². The molecule has 0 aliphatic carbocycles. The van der Waals surface area contributed by atoms with E-state index in [0.29, 0.717) is 5.75 Å². The first-order valence-corrected chi connectivity index (χ1v) is 6.32. The molecule has 5 heteroatoms. The minimum atomic E-state index is -1.25. The number of rotatable bonds is 6. The first kappa shape index (κ1) is 15.7. The van der Waals surface area contributed by atoms with Crippen LogP contribution in [-0.2, 0) is 9.59 Å². The second-order valence-corrected chi connectivity index (χ2v) is 4.49. The average molecular weight is 274 g/mol. The average Bonchev–Trinajstić information content (AvgIpc) is 2.47. The van der Waals surface area contributed by atoms with E-state index >= 15 is 0 Å². The molecule has 106 valence electrons. The summed E-state index contributed by atoms with van der Waals surface area (Å²) in [5, 5.41) is 11.3. The predicted octanol–water partition coefficient (Wildman–Crippen LogP) is 1.64. The largest absolute Gasteiger partial charge is 0.496 e. The number of nitrogens with zero attached hydrogens (tertiary/aromatic N) is 1. The number of hydrogen-bond donors (Lipinski definition) is 1. The molecule has 0 fully saturated rings. The van der Waals surface area contributed by atoms with Crippen molar-refractivity contribution in [2.75, 3.05) is 14.2 Å². The maximum absolute atomic E-state index is 12.0. The third kappa shape index (κ3) is 3.58. The number of hydrogen-bond acceptors (Lipinski definition) is 4. The maximum Gasteiger partial charge on any atom is 0.244 e. The summed E-state index contributed by atoms with van der Waals surface area (Å²) >= 11 is 0. The third-order valence-electron chi connectivity index (χ3n) is 3.14. The van der Waals surface area contributed by atoms with E-state index in [1.54, 1.807) is 13.2 Å². The van der Waals surface area contributed by atoms with Gasteiger partial charge in [0.15, 0.2) is 11.7 Å². The van der Waals surface area contributed by atoms with Gasteiger partial charge in [0.25, 0.3) is 0 Å². The summed E-state index contributed by atoms with van der Waals surface area (Å²) in [6, 6.07) is 9.14. The number of benzene rings is 1. The minimum Gasteiger partial charge on any atom is -0.496 e. The number of Topliss-reactive ketones (excluding diaryl/α,β-unsaturated/α-hetero) is 1. The van der Waals surface area contributed by atoms with Crippen LogP contribution in [0.4, 0.5) is 0 Å². The fourth-order valence-electron chi connectivity index (χ4n) is 2.02. The zero-order valence-corrected chi connectivity index (χ0v) is 11.8. The van der Waals surface area contributed by atoms with Crippen LogP contribution in [0.3, 0.4) is 0 Å². The number of carbonyl (C=O) groups excluding carboxylic acids is 2. The lowest BCUT2D eigenvalue weighted by atomic mass is 9.90. The second kappa shape index (κ2) is 7.29. The van der Waals surface area contributed by atoms with Gasteiger partial charge in [-0.25, -0.2) is 0 Å². The fraction of sp³-hybridized carbons (Fsp3) is 0.400. The van der Waals surface area contributed by atoms with E-state index in [1.807, 2.05) is 31.2 Å². The molecule has 0 saturated heterocycles. The maximum atomic E-state index is 12.0. The molecule has 0 aliphatic heterocycles. The van der Waals surface area contributed by atoms with Crippen molar-refractivity contribution in [3.05, 3.63) is 29.8 Å². The zero-order chi connectivity index (χ0) is 15.1. The molecule has 1 N–H and O–H groups in total. The van der Waals surface area contributed by atoms with Crippen LogP contribution in [0.25, 0.3) is 0 Å². The lowest BCUT2D eigenvalue weighted by Gasteiger charge is -2.16. The number of para-hydroxylation sites is 1. The highest BCUT2D eigenvalue weighted by atomic mass is 16.5. The Bertz CT molecular complexity index is 534. The molecule has 20 heavy (non-hydrogen) atoms. The van der Waals surface area contributed by atoms with Crippen LogP contribution >= 0.6 is 0 Å². The standard InChI is InChI=1S/C15H18N2O3/c1-10(11-6-4-5-7-14(11)20-3)8-13(18)12(9-16)15(19)17-2/h4-7,10,12H,8H2,1-3H3,(H,17,19)/t10-,12-/m0/s1. The molecule has 0 spiro atoms. The highest BCUT2D eigenvalue weighted by molar-refractivity contribution is 6.04. The molecule has 2 atom stereocenters. The molecule has 1 aromatic rings. The molecule has 0 aromatic heterocycles. The molecule has 0 heterocycles. The molecule has 5 nitrogen and oxygen atoms in total. The van der Waals surface area contributed by atoms with Crippen molar-refractivity contribution in [1.29, 1.82) is 5.26 Å². The van der Waals surface area contributed by atoms with Gasteiger partial charge in [0, 0.05) is 13.5 Å². The molecule has 1 amide bonds. The molecule has 1 rings (SSSR count). The number of methoxy groups -OCH3 is 1. The van der Waals surface area contributed by atoms with Crippen molar-refractivity contribution < 1.29 is 14.3 Å². The Morgan fingerprint density at radius 1 is 1.40 bits per heavy atom. The predicted molar refractivity (Wildman–Crippen MR) is 74.2 cm³/mol. The first-order valence-electron chi connectivity index (χ1n) is 6.32. The van der Waals surface area contributed by atoms with E-state index in [-0.39, 0.29) is 18.1 Å². The van der Waals surface area contributed by atoms with Crippen LogP contribution in [0, 0.1) is 17.2 Å². The molecular weight excluding hydrogens is 256 g/mol. The Morgan fingerprint density at radius 3 is 2.60 bits per heavy atom. The number of carbonyl (C=O) groups is 2. The molecule has 1 aromatic carbocycles. The van der Waals surface area contributed by atoms with E-state index in [4.69, 9.17) is 10.00 Å². The molecule has 0 unspecified atom stereocenters. The summed E-state index contributed by atoms with van der Waals surface area (Å²) in [7, 11) is 2.97. The smallest absolute Gasteiger partial charge is 0.244 e. The van der Waals surface area contributed by atoms with E-state index in [1.165, 1.54) is 7.05 Å². The minimum absolute atomic E-state index is 0.117. The van der Waals surface area contributed by atoms with E-state index in [9.17, 15) is 9.59 Å². The van der Waals surface area contributed by atoms with Crippen LogP contribution < -0.4 is 10.1 Å². The van der Waals surface area contributed by atoms with E-state index < -0.39 is 11.8 Å². The first-order chi connectivity index (χ1) is 9.54. The summed E-state index contributed by atoms with van der Waals surface area (Å²) in [6.45, 7) is 1.87. The summed E-state index contributed by atoms with van der Waals surface area (Å²) in [5.74, 6) is -1.63. The van der Waals surface area contributed by atoms with Crippen LogP contribution in [-0.4, -0.2) is 25.8 Å². The van der Waals surface area contributed by atoms with Crippen molar-refractivity contribution in [3.8, 4) is 11.8 Å². The van der Waals surface area contributed by atoms with E-state index in [0.717, 1.165) is 5.56 Å². The Kier molecular flexibility index (Phi) is 5.73. The molecule has 0 saturated carbocycles. The van der Waals surface area contributed by atoms with Crippen molar-refractivity contribution in [3.63, 3.8) is 0 Å². The highest BCUT2D eigenvalue weighted by Gasteiger charge is 2.27. The lowest BCUT2D eigenvalue weighted by Crippen LogP contribution is -2.32. The Labute approximate surface area is 118 Å². The van der Waals surface area contributed by atoms with Crippen molar-refractivity contribution in [1.82, 2.24) is 5.32 Å². The summed E-state index contributed by atoms with van der Waals surface area (Å²) in [4.78, 5) is 23.5. The zero-order valence-electron chi connectivity index (χ0n) is 11.8. The molecular formula is C15H18N2O3. The molecule has 0 bridgehead atoms. The SMILES string of the molecule is CNC(=O)[C@@H](C#N)C(=O)C[C@H](C)c1ccccc1OC. The van der Waals surface area contributed by atoms with Gasteiger partial charge in [-0.05, 0) is 17.5 Å². The van der Waals surface area contributed by atoms with Crippen molar-refractivity contribution in [2.24, 2.45) is 5.92 Å². The number of ketones is 1. The Hall–Kier alpha value is -2.35. The number of nitrogens with one attached hydrogen (secondary N) is 1. The van der Waals surface area contributed by atoms with Gasteiger partial charge in [0.2, 0.25) is 5.91 Å². The number of amides is 1. The molecule has 0 aliphatic rings. The number of nitriles is 1. The van der Waals surface area contributed by atoms with Crippen LogP contribution in [0.5, 0.6) is 5.75 Å². The Balaban J connectivity index is 2.85.